The molecule has 0 atom stereocenters. The van der Waals surface area contributed by atoms with Crippen molar-refractivity contribution in [1.29, 1.82) is 0 Å². The Morgan fingerprint density at radius 2 is 2.33 bits per heavy atom. The summed E-state index contributed by atoms with van der Waals surface area (Å²) in [6.45, 7) is 5.54. The topological polar surface area (TPSA) is 12.0 Å². The highest BCUT2D eigenvalue weighted by Gasteiger charge is 2.25. The molecule has 0 saturated heterocycles. The molecule has 1 aliphatic heterocycles. The van der Waals surface area contributed by atoms with Crippen LogP contribution in [-0.4, -0.2) is 6.54 Å². The molecule has 1 heteroatoms. The van der Waals surface area contributed by atoms with E-state index in [-0.39, 0.29) is 5.54 Å². The van der Waals surface area contributed by atoms with Gasteiger partial charge in [0, 0.05) is 5.54 Å². The van der Waals surface area contributed by atoms with Crippen LogP contribution < -0.4 is 5.32 Å². The summed E-state index contributed by atoms with van der Waals surface area (Å²) in [5, 5.41) is 3.50. The highest BCUT2D eigenvalue weighted by Crippen LogP contribution is 2.26. The highest BCUT2D eigenvalue weighted by molar-refractivity contribution is 5.34. The van der Waals surface area contributed by atoms with Crippen LogP contribution in [0, 0.1) is 6.07 Å². The lowest BCUT2D eigenvalue weighted by atomic mass is 9.85. The van der Waals surface area contributed by atoms with Gasteiger partial charge in [-0.3, -0.25) is 0 Å². The molecule has 1 N–H and O–H groups in total. The first-order valence-corrected chi connectivity index (χ1v) is 4.45. The van der Waals surface area contributed by atoms with E-state index in [1.54, 1.807) is 0 Å². The Bertz CT molecular complexity index is 289. The molecule has 0 unspecified atom stereocenters. The molecule has 0 aromatic heterocycles. The van der Waals surface area contributed by atoms with Gasteiger partial charge in [0.2, 0.25) is 0 Å². The Morgan fingerprint density at radius 3 is 3.08 bits per heavy atom. The first-order valence-electron chi connectivity index (χ1n) is 4.45. The van der Waals surface area contributed by atoms with Gasteiger partial charge >= 0.3 is 0 Å². The minimum atomic E-state index is 0.142. The third kappa shape index (κ3) is 1.14. The SMILES string of the molecule is CC1(C)NCCc2c[c]ccc21. The van der Waals surface area contributed by atoms with E-state index >= 15 is 0 Å². The maximum Gasteiger partial charge on any atom is 0.0380 e. The van der Waals surface area contributed by atoms with Gasteiger partial charge in [-0.1, -0.05) is 18.2 Å². The molecule has 1 aromatic rings. The molecule has 0 saturated carbocycles. The van der Waals surface area contributed by atoms with Crippen LogP contribution in [0.4, 0.5) is 0 Å². The standard InChI is InChI=1S/C11H14N/c1-11(2)10-6-4-3-5-9(10)7-8-12-11/h4-6,12H,7-8H2,1-2H3. The monoisotopic (exact) mass is 160 g/mol. The zero-order valence-corrected chi connectivity index (χ0v) is 7.65. The molecule has 0 fully saturated rings. The Hall–Kier alpha value is -0.820. The van der Waals surface area contributed by atoms with E-state index in [1.807, 2.05) is 6.07 Å². The fraction of sp³-hybridized carbons (Fsp3) is 0.455. The van der Waals surface area contributed by atoms with E-state index in [2.05, 4.69) is 37.4 Å². The van der Waals surface area contributed by atoms with Crippen LogP contribution >= 0.6 is 0 Å². The number of fused-ring (bicyclic) bond motifs is 1. The Kier molecular flexibility index (Phi) is 1.69. The second-order valence-corrected chi connectivity index (χ2v) is 3.89. The Morgan fingerprint density at radius 1 is 1.50 bits per heavy atom. The smallest absolute Gasteiger partial charge is 0.0380 e. The fourth-order valence-electron chi connectivity index (χ4n) is 1.89. The molecule has 1 heterocycles. The molecule has 1 aliphatic rings. The summed E-state index contributed by atoms with van der Waals surface area (Å²) in [4.78, 5) is 0. The third-order valence-corrected chi connectivity index (χ3v) is 2.58. The molecule has 0 bridgehead atoms. The highest BCUT2D eigenvalue weighted by atomic mass is 15.0. The van der Waals surface area contributed by atoms with Crippen LogP contribution in [0.1, 0.15) is 25.0 Å². The molecule has 1 aromatic carbocycles. The quantitative estimate of drug-likeness (QED) is 0.611. The zero-order valence-electron chi connectivity index (χ0n) is 7.65. The summed E-state index contributed by atoms with van der Waals surface area (Å²) >= 11 is 0. The van der Waals surface area contributed by atoms with Crippen molar-refractivity contribution in [3.8, 4) is 0 Å². The molecule has 1 nitrogen and oxygen atoms in total. The van der Waals surface area contributed by atoms with Crippen LogP contribution in [0.5, 0.6) is 0 Å². The van der Waals surface area contributed by atoms with Gasteiger partial charge in [-0.2, -0.15) is 0 Å². The van der Waals surface area contributed by atoms with Gasteiger partial charge in [-0.25, -0.2) is 0 Å². The van der Waals surface area contributed by atoms with E-state index in [9.17, 15) is 0 Å². The number of benzene rings is 1. The summed E-state index contributed by atoms with van der Waals surface area (Å²) in [6, 6.07) is 9.40. The van der Waals surface area contributed by atoms with E-state index in [1.165, 1.54) is 11.1 Å². The number of nitrogens with one attached hydrogen (secondary N) is 1. The predicted octanol–water partition coefficient (Wildman–Crippen LogP) is 1.87. The normalized spacial score (nSPS) is 20.2. The first kappa shape index (κ1) is 7.81. The number of rotatable bonds is 0. The van der Waals surface area contributed by atoms with Crippen molar-refractivity contribution in [2.75, 3.05) is 6.54 Å². The van der Waals surface area contributed by atoms with E-state index < -0.39 is 0 Å². The second kappa shape index (κ2) is 2.60. The van der Waals surface area contributed by atoms with E-state index in [4.69, 9.17) is 0 Å². The van der Waals surface area contributed by atoms with Crippen LogP contribution in [-0.2, 0) is 12.0 Å². The van der Waals surface area contributed by atoms with Gasteiger partial charge in [0.25, 0.3) is 0 Å². The lowest BCUT2D eigenvalue weighted by Gasteiger charge is -2.33. The minimum absolute atomic E-state index is 0.142. The van der Waals surface area contributed by atoms with Gasteiger partial charge in [0.05, 0.1) is 0 Å². The average molecular weight is 160 g/mol. The number of hydrogen-bond donors (Lipinski definition) is 1. The second-order valence-electron chi connectivity index (χ2n) is 3.89. The number of hydrogen-bond acceptors (Lipinski definition) is 1. The predicted molar refractivity (Wildman–Crippen MR) is 50.0 cm³/mol. The maximum atomic E-state index is 3.50. The molecule has 0 spiro atoms. The molecule has 63 valence electrons. The van der Waals surface area contributed by atoms with Crippen molar-refractivity contribution in [3.63, 3.8) is 0 Å². The molecular weight excluding hydrogens is 146 g/mol. The lowest BCUT2D eigenvalue weighted by Crippen LogP contribution is -2.42. The van der Waals surface area contributed by atoms with Gasteiger partial charge in [-0.15, -0.1) is 0 Å². The largest absolute Gasteiger partial charge is 0.307 e. The molecule has 0 aliphatic carbocycles. The molecule has 1 radical (unpaired) electrons. The minimum Gasteiger partial charge on any atom is -0.307 e. The summed E-state index contributed by atoms with van der Waals surface area (Å²) in [5.74, 6) is 0. The average Bonchev–Trinajstić information content (AvgIpc) is 2.04. The van der Waals surface area contributed by atoms with Crippen molar-refractivity contribution >= 4 is 0 Å². The van der Waals surface area contributed by atoms with Crippen LogP contribution in [0.2, 0.25) is 0 Å². The van der Waals surface area contributed by atoms with Gasteiger partial charge in [0.1, 0.15) is 0 Å². The van der Waals surface area contributed by atoms with E-state index in [0.29, 0.717) is 0 Å². The zero-order chi connectivity index (χ0) is 8.60. The van der Waals surface area contributed by atoms with Gasteiger partial charge < -0.3 is 5.32 Å². The van der Waals surface area contributed by atoms with Crippen molar-refractivity contribution < 1.29 is 0 Å². The van der Waals surface area contributed by atoms with E-state index in [0.717, 1.165) is 13.0 Å². The Balaban J connectivity index is 2.52. The van der Waals surface area contributed by atoms with Crippen molar-refractivity contribution in [3.05, 3.63) is 35.4 Å². The summed E-state index contributed by atoms with van der Waals surface area (Å²) in [6.07, 6.45) is 1.14. The molecule has 12 heavy (non-hydrogen) atoms. The van der Waals surface area contributed by atoms with Crippen LogP contribution in [0.3, 0.4) is 0 Å². The van der Waals surface area contributed by atoms with Crippen molar-refractivity contribution in [1.82, 2.24) is 5.32 Å². The van der Waals surface area contributed by atoms with Crippen LogP contribution in [0.25, 0.3) is 0 Å². The molecule has 2 rings (SSSR count). The molecular formula is C11H14N. The fourth-order valence-corrected chi connectivity index (χ4v) is 1.89. The van der Waals surface area contributed by atoms with Gasteiger partial charge in [0.15, 0.2) is 0 Å². The third-order valence-electron chi connectivity index (χ3n) is 2.58. The summed E-state index contributed by atoms with van der Waals surface area (Å²) in [7, 11) is 0. The van der Waals surface area contributed by atoms with Crippen molar-refractivity contribution in [2.24, 2.45) is 0 Å². The summed E-state index contributed by atoms with van der Waals surface area (Å²) < 4.78 is 0. The summed E-state index contributed by atoms with van der Waals surface area (Å²) in [5.41, 5.74) is 3.01. The van der Waals surface area contributed by atoms with Crippen LogP contribution in [0.15, 0.2) is 18.2 Å². The molecule has 0 amide bonds. The first-order chi connectivity index (χ1) is 5.70. The maximum absolute atomic E-state index is 3.50. The lowest BCUT2D eigenvalue weighted by molar-refractivity contribution is 0.382. The Labute approximate surface area is 73.8 Å². The van der Waals surface area contributed by atoms with Gasteiger partial charge in [-0.05, 0) is 44.0 Å². The van der Waals surface area contributed by atoms with Crippen molar-refractivity contribution in [2.45, 2.75) is 25.8 Å².